The van der Waals surface area contributed by atoms with E-state index in [1.807, 2.05) is 37.3 Å². The predicted octanol–water partition coefficient (Wildman–Crippen LogP) is -1.82. The molecule has 0 aliphatic carbocycles. The Hall–Kier alpha value is -1.30. The Bertz CT molecular complexity index is 457. The van der Waals surface area contributed by atoms with Gasteiger partial charge in [-0.05, 0) is 31.9 Å². The first-order chi connectivity index (χ1) is 10.1. The molecule has 2 rings (SSSR count). The minimum absolute atomic E-state index is 0. The molecule has 1 fully saturated rings. The number of cyclic esters (lactones) is 1. The van der Waals surface area contributed by atoms with Crippen LogP contribution in [0.25, 0.3) is 0 Å². The number of methoxy groups -OCH3 is 1. The summed E-state index contributed by atoms with van der Waals surface area (Å²) in [6.45, 7) is 1.84. The Kier molecular flexibility index (Phi) is 7.65. The van der Waals surface area contributed by atoms with Crippen molar-refractivity contribution in [1.82, 2.24) is 0 Å². The zero-order valence-corrected chi connectivity index (χ0v) is 13.8. The lowest BCUT2D eigenvalue weighted by atomic mass is 10.0. The van der Waals surface area contributed by atoms with Crippen LogP contribution in [0.3, 0.4) is 0 Å². The van der Waals surface area contributed by atoms with Crippen molar-refractivity contribution in [2.24, 2.45) is 0 Å². The maximum atomic E-state index is 11.9. The van der Waals surface area contributed by atoms with E-state index in [0.29, 0.717) is 6.42 Å². The lowest BCUT2D eigenvalue weighted by molar-refractivity contribution is -0.410. The van der Waals surface area contributed by atoms with Gasteiger partial charge in [-0.3, -0.25) is 0 Å². The molecule has 22 heavy (non-hydrogen) atoms. The van der Waals surface area contributed by atoms with Gasteiger partial charge in [-0.1, -0.05) is 18.2 Å². The maximum Gasteiger partial charge on any atom is 0.365 e. The molecule has 0 spiro atoms. The number of rotatable bonds is 3. The zero-order valence-electron chi connectivity index (χ0n) is 13.0. The molecule has 0 aromatic heterocycles. The van der Waals surface area contributed by atoms with E-state index in [1.165, 1.54) is 0 Å². The van der Waals surface area contributed by atoms with Gasteiger partial charge in [0.1, 0.15) is 24.1 Å². The molecule has 5 nitrogen and oxygen atoms in total. The van der Waals surface area contributed by atoms with E-state index in [9.17, 15) is 4.79 Å². The summed E-state index contributed by atoms with van der Waals surface area (Å²) in [7, 11) is 1.62. The van der Waals surface area contributed by atoms with Crippen LogP contribution >= 0.6 is 0 Å². The van der Waals surface area contributed by atoms with Gasteiger partial charge in [-0.2, -0.15) is 0 Å². The van der Waals surface area contributed by atoms with Crippen molar-refractivity contribution < 1.29 is 37.1 Å². The number of halogens is 1. The van der Waals surface area contributed by atoms with Crippen molar-refractivity contribution in [3.63, 3.8) is 0 Å². The summed E-state index contributed by atoms with van der Waals surface area (Å²) in [5.41, 5.74) is 3.86. The van der Waals surface area contributed by atoms with Crippen LogP contribution in [-0.4, -0.2) is 37.4 Å². The first-order valence-electron chi connectivity index (χ1n) is 7.40. The number of hydrogen-bond acceptors (Lipinski definition) is 4. The average Bonchev–Trinajstić information content (AvgIpc) is 2.52. The van der Waals surface area contributed by atoms with Crippen molar-refractivity contribution in [3.8, 4) is 5.75 Å². The zero-order chi connectivity index (χ0) is 15.2. The quantitative estimate of drug-likeness (QED) is 0.663. The molecule has 1 heterocycles. The van der Waals surface area contributed by atoms with Crippen molar-refractivity contribution in [1.29, 1.82) is 0 Å². The van der Waals surface area contributed by atoms with E-state index < -0.39 is 0 Å². The Morgan fingerprint density at radius 2 is 1.91 bits per heavy atom. The Morgan fingerprint density at radius 1 is 1.23 bits per heavy atom. The van der Waals surface area contributed by atoms with Crippen molar-refractivity contribution in [3.05, 3.63) is 30.3 Å². The highest BCUT2D eigenvalue weighted by atomic mass is 35.5. The van der Waals surface area contributed by atoms with Gasteiger partial charge in [0, 0.05) is 13.5 Å². The van der Waals surface area contributed by atoms with Crippen LogP contribution in [0.15, 0.2) is 30.3 Å². The summed E-state index contributed by atoms with van der Waals surface area (Å²) in [4.78, 5) is 11.9. The molecule has 124 valence electrons. The fourth-order valence-corrected chi connectivity index (χ4v) is 2.64. The topological polar surface area (TPSA) is 72.4 Å². The number of carbonyl (C=O) groups is 1. The smallest absolute Gasteiger partial charge is 0.365 e. The van der Waals surface area contributed by atoms with Gasteiger partial charge < -0.3 is 32.4 Å². The molecule has 0 radical (unpaired) electrons. The Labute approximate surface area is 137 Å². The summed E-state index contributed by atoms with van der Waals surface area (Å²) in [5.74, 6) is 0.540. The highest BCUT2D eigenvalue weighted by molar-refractivity contribution is 5.74. The van der Waals surface area contributed by atoms with Crippen LogP contribution < -0.4 is 22.9 Å². The molecule has 0 amide bonds. The molecule has 0 unspecified atom stereocenters. The molecule has 1 saturated heterocycles. The number of benzene rings is 1. The maximum absolute atomic E-state index is 11.9. The van der Waals surface area contributed by atoms with E-state index in [2.05, 4.69) is 5.73 Å². The number of para-hydroxylation sites is 1. The predicted molar refractivity (Wildman–Crippen MR) is 77.7 cm³/mol. The van der Waals surface area contributed by atoms with Crippen LogP contribution in [-0.2, 0) is 14.3 Å². The van der Waals surface area contributed by atoms with Gasteiger partial charge in [0.05, 0.1) is 0 Å². The molecule has 0 saturated carbocycles. The third kappa shape index (κ3) is 4.87. The second kappa shape index (κ2) is 8.98. The van der Waals surface area contributed by atoms with E-state index in [1.54, 1.807) is 7.11 Å². The highest BCUT2D eigenvalue weighted by Crippen LogP contribution is 2.22. The minimum atomic E-state index is -0.362. The minimum Gasteiger partial charge on any atom is -1.00 e. The van der Waals surface area contributed by atoms with Crippen LogP contribution in [0.2, 0.25) is 0 Å². The Balaban J connectivity index is 0.00000242. The first-order valence-corrected chi connectivity index (χ1v) is 7.40. The average molecular weight is 330 g/mol. The highest BCUT2D eigenvalue weighted by Gasteiger charge is 2.35. The lowest BCUT2D eigenvalue weighted by Crippen LogP contribution is -3.00. The van der Waals surface area contributed by atoms with Gasteiger partial charge in [0.15, 0.2) is 6.04 Å². The van der Waals surface area contributed by atoms with E-state index in [0.717, 1.165) is 18.6 Å². The number of esters is 1. The largest absolute Gasteiger partial charge is 1.00 e. The number of ether oxygens (including phenoxy) is 3. The fourth-order valence-electron chi connectivity index (χ4n) is 2.64. The third-order valence-corrected chi connectivity index (χ3v) is 3.81. The summed E-state index contributed by atoms with van der Waals surface area (Å²) >= 11 is 0. The standard InChI is InChI=1S/C16H23NO4.ClH/c1-11-15(19-2)14(21-12-7-4-3-5-8-12)10-6-9-13(17)16(18)20-11;/h3-5,7-8,11,13-15H,6,9-10,17H2,1-2H3;1H/t11-,13-,14-,15-;/m0./s1. The van der Waals surface area contributed by atoms with Gasteiger partial charge >= 0.3 is 5.97 Å². The van der Waals surface area contributed by atoms with Crippen LogP contribution in [0, 0.1) is 0 Å². The van der Waals surface area contributed by atoms with Gasteiger partial charge in [0.2, 0.25) is 0 Å². The third-order valence-electron chi connectivity index (χ3n) is 3.81. The van der Waals surface area contributed by atoms with Crippen LogP contribution in [0.4, 0.5) is 0 Å². The molecule has 6 heteroatoms. The second-order valence-corrected chi connectivity index (χ2v) is 5.44. The fraction of sp³-hybridized carbons (Fsp3) is 0.562. The van der Waals surface area contributed by atoms with Crippen molar-refractivity contribution >= 4 is 5.97 Å². The van der Waals surface area contributed by atoms with E-state index >= 15 is 0 Å². The normalized spacial score (nSPS) is 29.3. The van der Waals surface area contributed by atoms with Crippen LogP contribution in [0.1, 0.15) is 26.2 Å². The molecule has 1 aliphatic rings. The second-order valence-electron chi connectivity index (χ2n) is 5.44. The van der Waals surface area contributed by atoms with E-state index in [4.69, 9.17) is 14.2 Å². The Morgan fingerprint density at radius 3 is 2.55 bits per heavy atom. The van der Waals surface area contributed by atoms with Crippen LogP contribution in [0.5, 0.6) is 5.75 Å². The lowest BCUT2D eigenvalue weighted by Gasteiger charge is -2.30. The SMILES string of the molecule is CO[C@H]1[C@H](C)OC(=O)[C@@H]([NH3+])CCC[C@@H]1Oc1ccccc1.[Cl-]. The van der Waals surface area contributed by atoms with Crippen molar-refractivity contribution in [2.45, 2.75) is 50.5 Å². The van der Waals surface area contributed by atoms with Gasteiger partial charge in [-0.15, -0.1) is 0 Å². The summed E-state index contributed by atoms with van der Waals surface area (Å²) in [5, 5.41) is 0. The number of hydrogen-bond donors (Lipinski definition) is 1. The summed E-state index contributed by atoms with van der Waals surface area (Å²) in [6, 6.07) is 9.33. The first kappa shape index (κ1) is 18.7. The molecule has 0 bridgehead atoms. The van der Waals surface area contributed by atoms with Crippen molar-refractivity contribution in [2.75, 3.05) is 7.11 Å². The molecule has 3 N–H and O–H groups in total. The molecular weight excluding hydrogens is 306 g/mol. The van der Waals surface area contributed by atoms with Gasteiger partial charge in [-0.25, -0.2) is 4.79 Å². The molecule has 1 aromatic rings. The monoisotopic (exact) mass is 329 g/mol. The summed E-state index contributed by atoms with van der Waals surface area (Å²) in [6.07, 6.45) is 1.56. The summed E-state index contributed by atoms with van der Waals surface area (Å²) < 4.78 is 17.0. The van der Waals surface area contributed by atoms with E-state index in [-0.39, 0.29) is 42.7 Å². The molecule has 1 aromatic carbocycles. The number of carbonyl (C=O) groups excluding carboxylic acids is 1. The molecular formula is C16H24ClNO4. The molecule has 4 atom stereocenters. The molecule has 1 aliphatic heterocycles. The number of quaternary nitrogens is 1. The van der Waals surface area contributed by atoms with Gasteiger partial charge in [0.25, 0.3) is 0 Å².